The molecule has 0 aliphatic carbocycles. The highest BCUT2D eigenvalue weighted by Gasteiger charge is 2.19. The van der Waals surface area contributed by atoms with Crippen molar-refractivity contribution < 1.29 is 4.79 Å². The zero-order valence-corrected chi connectivity index (χ0v) is 18.2. The number of guanidine groups is 1. The largest absolute Gasteiger partial charge is 0.356 e. The number of thioether (sulfide) groups is 1. The molecule has 1 amide bonds. The highest BCUT2D eigenvalue weighted by molar-refractivity contribution is 7.99. The Bertz CT molecular complexity index is 824. The Morgan fingerprint density at radius 1 is 1.10 bits per heavy atom. The lowest BCUT2D eigenvalue weighted by Gasteiger charge is -2.16. The minimum atomic E-state index is 0.264. The van der Waals surface area contributed by atoms with Crippen molar-refractivity contribution in [2.45, 2.75) is 30.8 Å². The molecule has 5 nitrogen and oxygen atoms in total. The van der Waals surface area contributed by atoms with Gasteiger partial charge in [-0.15, -0.1) is 11.8 Å². The fourth-order valence-electron chi connectivity index (χ4n) is 3.13. The number of carbonyl (C=O) groups excluding carboxylic acids is 1. The molecule has 2 N–H and O–H groups in total. The summed E-state index contributed by atoms with van der Waals surface area (Å²) >= 11 is 7.69. The molecule has 1 saturated heterocycles. The van der Waals surface area contributed by atoms with E-state index in [2.05, 4.69) is 39.9 Å². The third-order valence-electron chi connectivity index (χ3n) is 4.73. The number of hydrogen-bond donors (Lipinski definition) is 2. The maximum Gasteiger partial charge on any atom is 0.222 e. The van der Waals surface area contributed by atoms with Crippen LogP contribution < -0.4 is 10.6 Å². The molecule has 3 rings (SSSR count). The van der Waals surface area contributed by atoms with Crippen molar-refractivity contribution >= 4 is 35.2 Å². The van der Waals surface area contributed by atoms with Gasteiger partial charge in [0.05, 0.1) is 0 Å². The van der Waals surface area contributed by atoms with E-state index in [0.717, 1.165) is 36.2 Å². The first-order valence-corrected chi connectivity index (χ1v) is 11.2. The Morgan fingerprint density at radius 2 is 1.83 bits per heavy atom. The molecule has 2 aromatic rings. The van der Waals surface area contributed by atoms with E-state index in [1.54, 1.807) is 18.8 Å². The molecule has 1 aliphatic heterocycles. The number of likely N-dealkylation sites (tertiary alicyclic amines) is 1. The molecule has 154 valence electrons. The van der Waals surface area contributed by atoms with Crippen molar-refractivity contribution in [2.75, 3.05) is 25.9 Å². The van der Waals surface area contributed by atoms with Crippen LogP contribution in [0.3, 0.4) is 0 Å². The summed E-state index contributed by atoms with van der Waals surface area (Å²) in [6.07, 6.45) is 1.66. The highest BCUT2D eigenvalue weighted by atomic mass is 35.5. The molecule has 1 aliphatic rings. The van der Waals surface area contributed by atoms with Gasteiger partial charge in [-0.1, -0.05) is 35.9 Å². The summed E-state index contributed by atoms with van der Waals surface area (Å²) in [7, 11) is 1.78. The fourth-order valence-corrected chi connectivity index (χ4v) is 4.02. The third kappa shape index (κ3) is 6.98. The summed E-state index contributed by atoms with van der Waals surface area (Å²) in [5.74, 6) is 1.99. The van der Waals surface area contributed by atoms with Gasteiger partial charge >= 0.3 is 0 Å². The molecular weight excluding hydrogens is 404 g/mol. The first-order chi connectivity index (χ1) is 14.1. The minimum Gasteiger partial charge on any atom is -0.356 e. The summed E-state index contributed by atoms with van der Waals surface area (Å²) in [5, 5.41) is 7.43. The molecule has 1 heterocycles. The molecule has 7 heteroatoms. The van der Waals surface area contributed by atoms with Crippen LogP contribution in [-0.2, 0) is 17.9 Å². The first kappa shape index (κ1) is 21.5. The quantitative estimate of drug-likeness (QED) is 0.288. The van der Waals surface area contributed by atoms with Crippen molar-refractivity contribution in [2.24, 2.45) is 4.99 Å². The Morgan fingerprint density at radius 3 is 2.48 bits per heavy atom. The average molecular weight is 431 g/mol. The number of aliphatic imine (C=N–C) groups is 1. The van der Waals surface area contributed by atoms with E-state index in [-0.39, 0.29) is 5.91 Å². The van der Waals surface area contributed by atoms with Gasteiger partial charge < -0.3 is 15.5 Å². The number of hydrogen-bond acceptors (Lipinski definition) is 3. The van der Waals surface area contributed by atoms with Gasteiger partial charge in [-0.05, 0) is 41.8 Å². The van der Waals surface area contributed by atoms with Crippen molar-refractivity contribution in [3.8, 4) is 0 Å². The molecule has 0 unspecified atom stereocenters. The van der Waals surface area contributed by atoms with E-state index in [1.165, 1.54) is 16.0 Å². The second-order valence-corrected chi connectivity index (χ2v) is 8.50. The second kappa shape index (κ2) is 11.1. The van der Waals surface area contributed by atoms with Gasteiger partial charge in [0.15, 0.2) is 5.96 Å². The predicted octanol–water partition coefficient (Wildman–Crippen LogP) is 3.92. The summed E-state index contributed by atoms with van der Waals surface area (Å²) < 4.78 is 0. The monoisotopic (exact) mass is 430 g/mol. The molecule has 29 heavy (non-hydrogen) atoms. The second-order valence-electron chi connectivity index (χ2n) is 6.89. The molecule has 2 aromatic carbocycles. The van der Waals surface area contributed by atoms with Gasteiger partial charge in [-0.3, -0.25) is 9.79 Å². The van der Waals surface area contributed by atoms with Gasteiger partial charge in [-0.25, -0.2) is 0 Å². The normalized spacial score (nSPS) is 14.3. The number of rotatable bonds is 8. The Labute approximate surface area is 181 Å². The summed E-state index contributed by atoms with van der Waals surface area (Å²) in [4.78, 5) is 19.2. The third-order valence-corrected chi connectivity index (χ3v) is 5.99. The number of nitrogens with zero attached hydrogens (tertiary/aromatic N) is 2. The van der Waals surface area contributed by atoms with Gasteiger partial charge in [0.1, 0.15) is 0 Å². The summed E-state index contributed by atoms with van der Waals surface area (Å²) in [6.45, 7) is 3.10. The SMILES string of the molecule is CN=C(NCCSc1ccc(Cl)cc1)NCc1ccc(CN2CCCC2=O)cc1. The topological polar surface area (TPSA) is 56.7 Å². The smallest absolute Gasteiger partial charge is 0.222 e. The number of halogens is 1. The molecule has 0 bridgehead atoms. The molecular formula is C22H27ClN4OS. The van der Waals surface area contributed by atoms with E-state index in [4.69, 9.17) is 11.6 Å². The molecule has 0 atom stereocenters. The summed E-state index contributed by atoms with van der Waals surface area (Å²) in [5.41, 5.74) is 2.35. The first-order valence-electron chi connectivity index (χ1n) is 9.82. The lowest BCUT2D eigenvalue weighted by Crippen LogP contribution is -2.37. The van der Waals surface area contributed by atoms with Crippen molar-refractivity contribution in [1.82, 2.24) is 15.5 Å². The maximum atomic E-state index is 11.7. The number of benzene rings is 2. The van der Waals surface area contributed by atoms with Crippen LogP contribution >= 0.6 is 23.4 Å². The summed E-state index contributed by atoms with van der Waals surface area (Å²) in [6, 6.07) is 16.3. The number of amides is 1. The number of carbonyl (C=O) groups is 1. The van der Waals surface area contributed by atoms with Gasteiger partial charge in [0.25, 0.3) is 0 Å². The van der Waals surface area contributed by atoms with Crippen LogP contribution in [0, 0.1) is 0 Å². The van der Waals surface area contributed by atoms with Crippen LogP contribution in [0.1, 0.15) is 24.0 Å². The lowest BCUT2D eigenvalue weighted by molar-refractivity contribution is -0.128. The Kier molecular flexibility index (Phi) is 8.25. The van der Waals surface area contributed by atoms with Gasteiger partial charge in [-0.2, -0.15) is 0 Å². The van der Waals surface area contributed by atoms with E-state index in [9.17, 15) is 4.79 Å². The van der Waals surface area contributed by atoms with Crippen molar-refractivity contribution in [1.29, 1.82) is 0 Å². The molecule has 0 aromatic heterocycles. The van der Waals surface area contributed by atoms with Gasteiger partial charge in [0, 0.05) is 55.3 Å². The predicted molar refractivity (Wildman–Crippen MR) is 121 cm³/mol. The average Bonchev–Trinajstić information content (AvgIpc) is 3.14. The lowest BCUT2D eigenvalue weighted by atomic mass is 10.1. The van der Waals surface area contributed by atoms with E-state index in [1.807, 2.05) is 29.2 Å². The van der Waals surface area contributed by atoms with Crippen LogP contribution in [0.5, 0.6) is 0 Å². The van der Waals surface area contributed by atoms with Crippen LogP contribution in [0.2, 0.25) is 5.02 Å². The van der Waals surface area contributed by atoms with Crippen LogP contribution in [0.4, 0.5) is 0 Å². The van der Waals surface area contributed by atoms with Crippen LogP contribution in [-0.4, -0.2) is 42.7 Å². The van der Waals surface area contributed by atoms with Crippen LogP contribution in [0.15, 0.2) is 58.4 Å². The minimum absolute atomic E-state index is 0.264. The van der Waals surface area contributed by atoms with Crippen molar-refractivity contribution in [3.63, 3.8) is 0 Å². The van der Waals surface area contributed by atoms with E-state index >= 15 is 0 Å². The van der Waals surface area contributed by atoms with Crippen LogP contribution in [0.25, 0.3) is 0 Å². The maximum absolute atomic E-state index is 11.7. The zero-order valence-electron chi connectivity index (χ0n) is 16.7. The molecule has 0 saturated carbocycles. The Hall–Kier alpha value is -2.18. The van der Waals surface area contributed by atoms with Crippen molar-refractivity contribution in [3.05, 3.63) is 64.7 Å². The van der Waals surface area contributed by atoms with E-state index < -0.39 is 0 Å². The molecule has 0 radical (unpaired) electrons. The highest BCUT2D eigenvalue weighted by Crippen LogP contribution is 2.19. The molecule has 1 fully saturated rings. The zero-order chi connectivity index (χ0) is 20.5. The van der Waals surface area contributed by atoms with E-state index in [0.29, 0.717) is 19.5 Å². The number of nitrogens with one attached hydrogen (secondary N) is 2. The van der Waals surface area contributed by atoms with Gasteiger partial charge in [0.2, 0.25) is 5.91 Å². The Balaban J connectivity index is 1.37. The molecule has 0 spiro atoms. The fraction of sp³-hybridized carbons (Fsp3) is 0.364. The standard InChI is InChI=1S/C22H27ClN4OS/c1-24-22(25-12-14-29-20-10-8-19(23)9-11-20)26-15-17-4-6-18(7-5-17)16-27-13-2-3-21(27)28/h4-11H,2-3,12-16H2,1H3,(H2,24,25,26).